The lowest BCUT2D eigenvalue weighted by molar-refractivity contribution is 0.471. The lowest BCUT2D eigenvalue weighted by Gasteiger charge is -2.30. The SMILES string of the molecule is CC1=C(N)C=CC(N)(Cc2cccc(O)c2)C1. The number of benzene rings is 1. The average Bonchev–Trinajstić information content (AvgIpc) is 2.24. The molecule has 0 fully saturated rings. The van der Waals surface area contributed by atoms with E-state index in [2.05, 4.69) is 0 Å². The maximum Gasteiger partial charge on any atom is 0.115 e. The van der Waals surface area contributed by atoms with E-state index in [0.717, 1.165) is 23.3 Å². The van der Waals surface area contributed by atoms with Gasteiger partial charge in [0, 0.05) is 11.2 Å². The number of aromatic hydroxyl groups is 1. The molecule has 1 aromatic rings. The number of hydrogen-bond acceptors (Lipinski definition) is 3. The quantitative estimate of drug-likeness (QED) is 0.725. The second-order valence-corrected chi connectivity index (χ2v) is 4.83. The minimum Gasteiger partial charge on any atom is -0.508 e. The molecule has 1 atom stereocenters. The molecule has 0 spiro atoms. The molecule has 0 radical (unpaired) electrons. The van der Waals surface area contributed by atoms with Gasteiger partial charge in [0.05, 0.1) is 0 Å². The van der Waals surface area contributed by atoms with E-state index in [9.17, 15) is 5.11 Å². The molecule has 0 bridgehead atoms. The van der Waals surface area contributed by atoms with Crippen LogP contribution >= 0.6 is 0 Å². The number of nitrogens with two attached hydrogens (primary N) is 2. The molecule has 17 heavy (non-hydrogen) atoms. The van der Waals surface area contributed by atoms with Crippen LogP contribution in [0.15, 0.2) is 47.7 Å². The van der Waals surface area contributed by atoms with E-state index in [1.54, 1.807) is 12.1 Å². The summed E-state index contributed by atoms with van der Waals surface area (Å²) in [5, 5.41) is 9.43. The average molecular weight is 230 g/mol. The van der Waals surface area contributed by atoms with Gasteiger partial charge in [0.25, 0.3) is 0 Å². The van der Waals surface area contributed by atoms with Gasteiger partial charge in [-0.2, -0.15) is 0 Å². The van der Waals surface area contributed by atoms with Crippen molar-refractivity contribution >= 4 is 0 Å². The summed E-state index contributed by atoms with van der Waals surface area (Å²) in [5.41, 5.74) is 14.7. The van der Waals surface area contributed by atoms with Crippen LogP contribution in [-0.2, 0) is 6.42 Å². The fourth-order valence-electron chi connectivity index (χ4n) is 2.22. The summed E-state index contributed by atoms with van der Waals surface area (Å²) in [7, 11) is 0. The summed E-state index contributed by atoms with van der Waals surface area (Å²) < 4.78 is 0. The number of allylic oxidation sites excluding steroid dienone is 1. The largest absolute Gasteiger partial charge is 0.508 e. The first-order valence-electron chi connectivity index (χ1n) is 5.70. The van der Waals surface area contributed by atoms with Crippen molar-refractivity contribution in [2.75, 3.05) is 0 Å². The Bertz CT molecular complexity index is 491. The maximum atomic E-state index is 9.43. The number of phenolic OH excluding ortho intramolecular Hbond substituents is 1. The highest BCUT2D eigenvalue weighted by molar-refractivity contribution is 5.36. The van der Waals surface area contributed by atoms with Crippen molar-refractivity contribution in [1.29, 1.82) is 0 Å². The molecule has 1 aromatic carbocycles. The third kappa shape index (κ3) is 2.68. The van der Waals surface area contributed by atoms with Crippen molar-refractivity contribution in [1.82, 2.24) is 0 Å². The van der Waals surface area contributed by atoms with E-state index in [-0.39, 0.29) is 5.75 Å². The molecule has 90 valence electrons. The number of rotatable bonds is 2. The Balaban J connectivity index is 2.18. The number of phenols is 1. The molecule has 5 N–H and O–H groups in total. The van der Waals surface area contributed by atoms with Crippen LogP contribution in [-0.4, -0.2) is 10.6 Å². The van der Waals surface area contributed by atoms with Gasteiger partial charge in [-0.1, -0.05) is 18.2 Å². The molecule has 0 heterocycles. The minimum absolute atomic E-state index is 0.276. The molecule has 0 amide bonds. The van der Waals surface area contributed by atoms with E-state index in [1.807, 2.05) is 31.2 Å². The first-order chi connectivity index (χ1) is 7.98. The lowest BCUT2D eigenvalue weighted by Crippen LogP contribution is -2.42. The molecule has 1 aliphatic carbocycles. The molecular weight excluding hydrogens is 212 g/mol. The Morgan fingerprint density at radius 2 is 2.18 bits per heavy atom. The smallest absolute Gasteiger partial charge is 0.115 e. The molecule has 3 nitrogen and oxygen atoms in total. The van der Waals surface area contributed by atoms with Crippen LogP contribution in [0.4, 0.5) is 0 Å². The Hall–Kier alpha value is -1.74. The molecule has 1 unspecified atom stereocenters. The van der Waals surface area contributed by atoms with E-state index >= 15 is 0 Å². The van der Waals surface area contributed by atoms with Gasteiger partial charge in [0.1, 0.15) is 5.75 Å². The third-order valence-corrected chi connectivity index (χ3v) is 3.13. The summed E-state index contributed by atoms with van der Waals surface area (Å²) in [6.45, 7) is 2.00. The van der Waals surface area contributed by atoms with E-state index in [0.29, 0.717) is 6.42 Å². The Labute approximate surface area is 101 Å². The van der Waals surface area contributed by atoms with Crippen LogP contribution in [0.1, 0.15) is 18.9 Å². The van der Waals surface area contributed by atoms with Crippen LogP contribution in [0.5, 0.6) is 5.75 Å². The Morgan fingerprint density at radius 3 is 2.82 bits per heavy atom. The molecule has 0 saturated carbocycles. The zero-order valence-corrected chi connectivity index (χ0v) is 9.98. The van der Waals surface area contributed by atoms with Crippen molar-refractivity contribution in [3.63, 3.8) is 0 Å². The standard InChI is InChI=1S/C14H18N2O/c1-10-8-14(16,6-5-13(10)15)9-11-3-2-4-12(17)7-11/h2-7,17H,8-9,15-16H2,1H3. The van der Waals surface area contributed by atoms with Gasteiger partial charge in [0.2, 0.25) is 0 Å². The van der Waals surface area contributed by atoms with E-state index in [1.165, 1.54) is 0 Å². The van der Waals surface area contributed by atoms with Gasteiger partial charge in [-0.3, -0.25) is 0 Å². The summed E-state index contributed by atoms with van der Waals surface area (Å²) in [6.07, 6.45) is 5.29. The van der Waals surface area contributed by atoms with Crippen molar-refractivity contribution in [3.8, 4) is 5.75 Å². The topological polar surface area (TPSA) is 72.3 Å². The lowest BCUT2D eigenvalue weighted by atomic mass is 9.82. The zero-order chi connectivity index (χ0) is 12.5. The van der Waals surface area contributed by atoms with Crippen molar-refractivity contribution in [2.45, 2.75) is 25.3 Å². The molecule has 0 aromatic heterocycles. The highest BCUT2D eigenvalue weighted by Crippen LogP contribution is 2.27. The summed E-state index contributed by atoms with van der Waals surface area (Å²) >= 11 is 0. The first-order valence-corrected chi connectivity index (χ1v) is 5.70. The van der Waals surface area contributed by atoms with Crippen LogP contribution in [0.25, 0.3) is 0 Å². The van der Waals surface area contributed by atoms with Gasteiger partial charge in [-0.15, -0.1) is 0 Å². The predicted octanol–water partition coefficient (Wildman–Crippen LogP) is 1.82. The van der Waals surface area contributed by atoms with E-state index in [4.69, 9.17) is 11.5 Å². The molecule has 3 heteroatoms. The van der Waals surface area contributed by atoms with Crippen molar-refractivity contribution < 1.29 is 5.11 Å². The van der Waals surface area contributed by atoms with Crippen molar-refractivity contribution in [3.05, 3.63) is 53.3 Å². The summed E-state index contributed by atoms with van der Waals surface area (Å²) in [6, 6.07) is 7.21. The Morgan fingerprint density at radius 1 is 1.41 bits per heavy atom. The van der Waals surface area contributed by atoms with Crippen LogP contribution in [0.3, 0.4) is 0 Å². The highest BCUT2D eigenvalue weighted by atomic mass is 16.3. The van der Waals surface area contributed by atoms with Gasteiger partial charge < -0.3 is 16.6 Å². The third-order valence-electron chi connectivity index (χ3n) is 3.13. The zero-order valence-electron chi connectivity index (χ0n) is 9.98. The van der Waals surface area contributed by atoms with Gasteiger partial charge in [0.15, 0.2) is 0 Å². The fraction of sp³-hybridized carbons (Fsp3) is 0.286. The molecule has 2 rings (SSSR count). The minimum atomic E-state index is -0.402. The van der Waals surface area contributed by atoms with Crippen LogP contribution < -0.4 is 11.5 Å². The van der Waals surface area contributed by atoms with Crippen LogP contribution in [0, 0.1) is 0 Å². The second-order valence-electron chi connectivity index (χ2n) is 4.83. The van der Waals surface area contributed by atoms with Gasteiger partial charge in [-0.05, 0) is 49.1 Å². The summed E-state index contributed by atoms with van der Waals surface area (Å²) in [4.78, 5) is 0. The second kappa shape index (κ2) is 4.26. The molecular formula is C14H18N2O. The highest BCUT2D eigenvalue weighted by Gasteiger charge is 2.26. The predicted molar refractivity (Wildman–Crippen MR) is 69.4 cm³/mol. The maximum absolute atomic E-state index is 9.43. The van der Waals surface area contributed by atoms with Crippen molar-refractivity contribution in [2.24, 2.45) is 11.5 Å². The number of hydrogen-bond donors (Lipinski definition) is 3. The summed E-state index contributed by atoms with van der Waals surface area (Å²) in [5.74, 6) is 0.276. The molecule has 0 aliphatic heterocycles. The Kier molecular flexibility index (Phi) is 2.94. The normalized spacial score (nSPS) is 24.1. The van der Waals surface area contributed by atoms with Gasteiger partial charge >= 0.3 is 0 Å². The van der Waals surface area contributed by atoms with Crippen LogP contribution in [0.2, 0.25) is 0 Å². The fourth-order valence-corrected chi connectivity index (χ4v) is 2.22. The monoisotopic (exact) mass is 230 g/mol. The van der Waals surface area contributed by atoms with E-state index < -0.39 is 5.54 Å². The molecule has 0 saturated heterocycles. The molecule has 1 aliphatic rings. The van der Waals surface area contributed by atoms with Gasteiger partial charge in [-0.25, -0.2) is 0 Å². The first kappa shape index (κ1) is 11.7.